The van der Waals surface area contributed by atoms with Crippen LogP contribution in [0.4, 0.5) is 10.5 Å². The van der Waals surface area contributed by atoms with E-state index in [1.807, 2.05) is 54.6 Å². The van der Waals surface area contributed by atoms with Gasteiger partial charge in [-0.05, 0) is 31.2 Å². The number of rotatable bonds is 6. The number of H-pyrrole nitrogens is 1. The van der Waals surface area contributed by atoms with Crippen LogP contribution in [0.15, 0.2) is 60.2 Å². The molecule has 144 valence electrons. The third kappa shape index (κ3) is 4.37. The lowest BCUT2D eigenvalue weighted by Gasteiger charge is -2.23. The first-order chi connectivity index (χ1) is 13.6. The molecule has 1 heterocycles. The number of nitrogens with zero attached hydrogens (tertiary/aromatic N) is 2. The highest BCUT2D eigenvalue weighted by atomic mass is 16.5. The van der Waals surface area contributed by atoms with Crippen molar-refractivity contribution in [2.45, 2.75) is 6.92 Å². The quantitative estimate of drug-likeness (QED) is 0.644. The van der Waals surface area contributed by atoms with Crippen molar-refractivity contribution in [3.8, 4) is 0 Å². The van der Waals surface area contributed by atoms with E-state index in [1.165, 1.54) is 7.11 Å². The molecular formula is C21H22N4O3. The summed E-state index contributed by atoms with van der Waals surface area (Å²) in [7, 11) is 1.30. The first-order valence-corrected chi connectivity index (χ1v) is 8.90. The number of hydrogen-bond donors (Lipinski definition) is 2. The van der Waals surface area contributed by atoms with Gasteiger partial charge in [0.2, 0.25) is 0 Å². The van der Waals surface area contributed by atoms with Gasteiger partial charge in [0.05, 0.1) is 18.3 Å². The molecule has 7 nitrogen and oxygen atoms in total. The van der Waals surface area contributed by atoms with Gasteiger partial charge in [0.15, 0.2) is 0 Å². The SMILES string of the molecule is COC(=O)NCCN(C(=O)/C(C)=C/c1[nH]nc2ccccc12)c1ccccc1. The van der Waals surface area contributed by atoms with E-state index in [2.05, 4.69) is 20.3 Å². The highest BCUT2D eigenvalue weighted by molar-refractivity contribution is 6.08. The number of alkyl carbamates (subject to hydrolysis) is 1. The van der Waals surface area contributed by atoms with Crippen LogP contribution in [0.3, 0.4) is 0 Å². The second kappa shape index (κ2) is 8.85. The predicted molar refractivity (Wildman–Crippen MR) is 109 cm³/mol. The van der Waals surface area contributed by atoms with Crippen LogP contribution in [0.1, 0.15) is 12.6 Å². The molecule has 0 unspecified atom stereocenters. The molecule has 0 radical (unpaired) electrons. The van der Waals surface area contributed by atoms with Gasteiger partial charge in [0.25, 0.3) is 5.91 Å². The lowest BCUT2D eigenvalue weighted by molar-refractivity contribution is -0.115. The Morgan fingerprint density at radius 3 is 2.61 bits per heavy atom. The Balaban J connectivity index is 1.84. The number of anilines is 1. The molecule has 0 saturated heterocycles. The van der Waals surface area contributed by atoms with E-state index in [1.54, 1.807) is 17.9 Å². The number of benzene rings is 2. The Morgan fingerprint density at radius 2 is 1.86 bits per heavy atom. The summed E-state index contributed by atoms with van der Waals surface area (Å²) in [6.45, 7) is 2.35. The van der Waals surface area contributed by atoms with Crippen molar-refractivity contribution in [2.24, 2.45) is 0 Å². The van der Waals surface area contributed by atoms with Gasteiger partial charge in [0.1, 0.15) is 0 Å². The van der Waals surface area contributed by atoms with Gasteiger partial charge in [-0.1, -0.05) is 36.4 Å². The molecule has 0 aliphatic heterocycles. The molecule has 3 rings (SSSR count). The first-order valence-electron chi connectivity index (χ1n) is 8.90. The summed E-state index contributed by atoms with van der Waals surface area (Å²) in [4.78, 5) is 26.1. The zero-order chi connectivity index (χ0) is 19.9. The van der Waals surface area contributed by atoms with Crippen LogP contribution >= 0.6 is 0 Å². The smallest absolute Gasteiger partial charge is 0.406 e. The van der Waals surface area contributed by atoms with E-state index in [0.29, 0.717) is 12.1 Å². The Morgan fingerprint density at radius 1 is 1.14 bits per heavy atom. The van der Waals surface area contributed by atoms with Gasteiger partial charge >= 0.3 is 6.09 Å². The molecule has 28 heavy (non-hydrogen) atoms. The molecule has 0 aliphatic rings. The summed E-state index contributed by atoms with van der Waals surface area (Å²) < 4.78 is 4.58. The Kier molecular flexibility index (Phi) is 6.06. The van der Waals surface area contributed by atoms with E-state index in [4.69, 9.17) is 0 Å². The van der Waals surface area contributed by atoms with Crippen LogP contribution in [-0.2, 0) is 9.53 Å². The van der Waals surface area contributed by atoms with E-state index in [-0.39, 0.29) is 12.5 Å². The van der Waals surface area contributed by atoms with Gasteiger partial charge in [-0.3, -0.25) is 9.89 Å². The second-order valence-electron chi connectivity index (χ2n) is 6.19. The third-order valence-corrected chi connectivity index (χ3v) is 4.29. The summed E-state index contributed by atoms with van der Waals surface area (Å²) in [5.74, 6) is -0.156. The summed E-state index contributed by atoms with van der Waals surface area (Å²) >= 11 is 0. The monoisotopic (exact) mass is 378 g/mol. The number of carbonyl (C=O) groups excluding carboxylic acids is 2. The minimum atomic E-state index is -0.531. The maximum absolute atomic E-state index is 13.1. The number of amides is 2. The molecule has 7 heteroatoms. The fourth-order valence-corrected chi connectivity index (χ4v) is 2.88. The fraction of sp³-hybridized carbons (Fsp3) is 0.190. The summed E-state index contributed by atoms with van der Waals surface area (Å²) in [6, 6.07) is 17.0. The minimum Gasteiger partial charge on any atom is -0.453 e. The minimum absolute atomic E-state index is 0.156. The van der Waals surface area contributed by atoms with E-state index in [9.17, 15) is 9.59 Å². The molecule has 2 aromatic carbocycles. The number of ether oxygens (including phenoxy) is 1. The number of aromatic amines is 1. The van der Waals surface area contributed by atoms with Crippen molar-refractivity contribution in [2.75, 3.05) is 25.1 Å². The molecule has 0 aliphatic carbocycles. The average molecular weight is 378 g/mol. The molecule has 0 saturated carbocycles. The van der Waals surface area contributed by atoms with Crippen LogP contribution < -0.4 is 10.2 Å². The van der Waals surface area contributed by atoms with Gasteiger partial charge < -0.3 is 15.0 Å². The zero-order valence-corrected chi connectivity index (χ0v) is 15.8. The lowest BCUT2D eigenvalue weighted by Crippen LogP contribution is -2.39. The van der Waals surface area contributed by atoms with Crippen LogP contribution in [0.25, 0.3) is 17.0 Å². The van der Waals surface area contributed by atoms with Gasteiger partial charge in [-0.25, -0.2) is 4.79 Å². The molecule has 0 spiro atoms. The Bertz CT molecular complexity index is 995. The van der Waals surface area contributed by atoms with Crippen molar-refractivity contribution >= 4 is 34.7 Å². The molecule has 3 aromatic rings. The van der Waals surface area contributed by atoms with E-state index >= 15 is 0 Å². The zero-order valence-electron chi connectivity index (χ0n) is 15.8. The topological polar surface area (TPSA) is 87.3 Å². The van der Waals surface area contributed by atoms with Gasteiger partial charge in [0, 0.05) is 29.7 Å². The number of hydrogen-bond acceptors (Lipinski definition) is 4. The van der Waals surface area contributed by atoms with Crippen molar-refractivity contribution in [1.82, 2.24) is 15.5 Å². The first kappa shape index (κ1) is 19.2. The molecule has 0 bridgehead atoms. The maximum Gasteiger partial charge on any atom is 0.406 e. The molecular weight excluding hydrogens is 356 g/mol. The van der Waals surface area contributed by atoms with Crippen LogP contribution in [0.5, 0.6) is 0 Å². The largest absolute Gasteiger partial charge is 0.453 e. The van der Waals surface area contributed by atoms with Gasteiger partial charge in [-0.2, -0.15) is 5.10 Å². The number of para-hydroxylation sites is 2. The average Bonchev–Trinajstić information content (AvgIpc) is 3.14. The van der Waals surface area contributed by atoms with Crippen molar-refractivity contribution in [1.29, 1.82) is 0 Å². The summed E-state index contributed by atoms with van der Waals surface area (Å²) in [6.07, 6.45) is 1.26. The summed E-state index contributed by atoms with van der Waals surface area (Å²) in [5, 5.41) is 10.8. The second-order valence-corrected chi connectivity index (χ2v) is 6.19. The van der Waals surface area contributed by atoms with Crippen molar-refractivity contribution in [3.63, 3.8) is 0 Å². The highest BCUT2D eigenvalue weighted by Crippen LogP contribution is 2.20. The number of aromatic nitrogens is 2. The fourth-order valence-electron chi connectivity index (χ4n) is 2.88. The highest BCUT2D eigenvalue weighted by Gasteiger charge is 2.18. The number of methoxy groups -OCH3 is 1. The van der Waals surface area contributed by atoms with Crippen molar-refractivity contribution in [3.05, 3.63) is 65.9 Å². The molecule has 0 fully saturated rings. The van der Waals surface area contributed by atoms with Gasteiger partial charge in [-0.15, -0.1) is 0 Å². The van der Waals surface area contributed by atoms with E-state index < -0.39 is 6.09 Å². The number of fused-ring (bicyclic) bond motifs is 1. The third-order valence-electron chi connectivity index (χ3n) is 4.29. The van der Waals surface area contributed by atoms with Crippen LogP contribution in [0.2, 0.25) is 0 Å². The normalized spacial score (nSPS) is 11.3. The van der Waals surface area contributed by atoms with Crippen LogP contribution in [0, 0.1) is 0 Å². The Labute approximate surface area is 163 Å². The molecule has 1 aromatic heterocycles. The standard InChI is InChI=1S/C21H22N4O3/c1-15(14-19-17-10-6-7-11-18(17)23-24-19)20(26)25(13-12-22-21(27)28-2)16-8-4-3-5-9-16/h3-11,14H,12-13H2,1-2H3,(H,22,27)(H,23,24)/b15-14+. The molecule has 0 atom stereocenters. The predicted octanol–water partition coefficient (Wildman–Crippen LogP) is 3.36. The van der Waals surface area contributed by atoms with Crippen molar-refractivity contribution < 1.29 is 14.3 Å². The molecule has 2 N–H and O–H groups in total. The molecule has 2 amide bonds. The Hall–Kier alpha value is -3.61. The maximum atomic E-state index is 13.1. The number of nitrogens with one attached hydrogen (secondary N) is 2. The van der Waals surface area contributed by atoms with E-state index in [0.717, 1.165) is 22.3 Å². The lowest BCUT2D eigenvalue weighted by atomic mass is 10.1. The number of carbonyl (C=O) groups is 2. The van der Waals surface area contributed by atoms with Crippen LogP contribution in [-0.4, -0.2) is 42.4 Å². The summed E-state index contributed by atoms with van der Waals surface area (Å²) in [5.41, 5.74) is 2.93.